The lowest BCUT2D eigenvalue weighted by atomic mass is 9.75. The molecule has 0 aromatic heterocycles. The largest absolute Gasteiger partial charge is 0.481 e. The van der Waals surface area contributed by atoms with Crippen molar-refractivity contribution in [1.29, 1.82) is 0 Å². The highest BCUT2D eigenvalue weighted by atomic mass is 16.4. The lowest BCUT2D eigenvalue weighted by Crippen LogP contribution is -2.57. The van der Waals surface area contributed by atoms with Crippen LogP contribution in [0, 0.1) is 5.41 Å². The van der Waals surface area contributed by atoms with Crippen molar-refractivity contribution in [3.8, 4) is 0 Å². The van der Waals surface area contributed by atoms with E-state index >= 15 is 0 Å². The molecule has 0 radical (unpaired) electrons. The summed E-state index contributed by atoms with van der Waals surface area (Å²) in [6.07, 6.45) is 3.75. The van der Waals surface area contributed by atoms with E-state index in [1.54, 1.807) is 4.90 Å². The molecule has 1 aliphatic carbocycles. The van der Waals surface area contributed by atoms with E-state index in [1.165, 1.54) is 6.42 Å². The second kappa shape index (κ2) is 6.12. The number of amides is 1. The number of carboxylic acids is 1. The van der Waals surface area contributed by atoms with Gasteiger partial charge in [-0.05, 0) is 38.8 Å². The van der Waals surface area contributed by atoms with E-state index in [1.807, 2.05) is 20.9 Å². The summed E-state index contributed by atoms with van der Waals surface area (Å²) in [5.74, 6) is -0.821. The van der Waals surface area contributed by atoms with Crippen molar-refractivity contribution in [2.24, 2.45) is 5.41 Å². The molecule has 0 unspecified atom stereocenters. The topological polar surface area (TPSA) is 60.9 Å². The van der Waals surface area contributed by atoms with E-state index in [0.717, 1.165) is 19.4 Å². The van der Waals surface area contributed by atoms with Gasteiger partial charge in [0.1, 0.15) is 0 Å². The van der Waals surface area contributed by atoms with Crippen LogP contribution >= 0.6 is 0 Å². The first kappa shape index (κ1) is 17.0. The molecular formula is C15H28N2O3. The van der Waals surface area contributed by atoms with Crippen LogP contribution in [-0.2, 0) is 9.59 Å². The van der Waals surface area contributed by atoms with E-state index < -0.39 is 11.4 Å². The summed E-state index contributed by atoms with van der Waals surface area (Å²) in [6.45, 7) is 4.39. The third-order valence-electron chi connectivity index (χ3n) is 4.45. The van der Waals surface area contributed by atoms with Gasteiger partial charge in [-0.15, -0.1) is 0 Å². The molecule has 0 atom stereocenters. The van der Waals surface area contributed by atoms with Crippen LogP contribution in [0.15, 0.2) is 0 Å². The first-order valence-corrected chi connectivity index (χ1v) is 7.21. The minimum atomic E-state index is -0.853. The summed E-state index contributed by atoms with van der Waals surface area (Å²) in [4.78, 5) is 27.1. The molecule has 1 rings (SSSR count). The van der Waals surface area contributed by atoms with Crippen molar-refractivity contribution >= 4 is 11.9 Å². The van der Waals surface area contributed by atoms with Gasteiger partial charge in [0.15, 0.2) is 0 Å². The maximum Gasteiger partial charge on any atom is 0.303 e. The van der Waals surface area contributed by atoms with Gasteiger partial charge in [0.05, 0.1) is 6.42 Å². The molecule has 0 aromatic rings. The highest BCUT2D eigenvalue weighted by molar-refractivity contribution is 5.78. The molecule has 1 N–H and O–H groups in total. The maximum atomic E-state index is 12.3. The lowest BCUT2D eigenvalue weighted by molar-refractivity contribution is -0.141. The van der Waals surface area contributed by atoms with Gasteiger partial charge < -0.3 is 14.9 Å². The van der Waals surface area contributed by atoms with Crippen LogP contribution in [0.1, 0.15) is 46.0 Å². The molecule has 0 aliphatic heterocycles. The quantitative estimate of drug-likeness (QED) is 0.774. The van der Waals surface area contributed by atoms with Gasteiger partial charge in [0.25, 0.3) is 0 Å². The number of rotatable bonds is 7. The summed E-state index contributed by atoms with van der Waals surface area (Å²) in [6, 6.07) is 0. The Balaban J connectivity index is 2.57. The molecule has 0 saturated heterocycles. The number of hydrogen-bond donors (Lipinski definition) is 1. The Morgan fingerprint density at radius 2 is 1.70 bits per heavy atom. The first-order valence-electron chi connectivity index (χ1n) is 7.21. The molecular weight excluding hydrogens is 256 g/mol. The Hall–Kier alpha value is -1.10. The summed E-state index contributed by atoms with van der Waals surface area (Å²) >= 11 is 0. The summed E-state index contributed by atoms with van der Waals surface area (Å²) in [7, 11) is 5.94. The van der Waals surface area contributed by atoms with Gasteiger partial charge in [0, 0.05) is 25.6 Å². The van der Waals surface area contributed by atoms with Crippen molar-refractivity contribution in [1.82, 2.24) is 9.80 Å². The van der Waals surface area contributed by atoms with Crippen molar-refractivity contribution in [3.05, 3.63) is 0 Å². The van der Waals surface area contributed by atoms with E-state index in [4.69, 9.17) is 5.11 Å². The SMILES string of the molecule is CN(CC1(N(C)C)CCC1)C(=O)CC(C)(C)CC(=O)O. The number of likely N-dealkylation sites (N-methyl/N-ethyl adjacent to an activating group) is 2. The Bertz CT molecular complexity index is 373. The van der Waals surface area contributed by atoms with Gasteiger partial charge in [-0.2, -0.15) is 0 Å². The molecule has 5 nitrogen and oxygen atoms in total. The Labute approximate surface area is 121 Å². The van der Waals surface area contributed by atoms with Gasteiger partial charge in [-0.1, -0.05) is 13.8 Å². The molecule has 1 saturated carbocycles. The molecule has 1 amide bonds. The van der Waals surface area contributed by atoms with Crippen molar-refractivity contribution in [3.63, 3.8) is 0 Å². The van der Waals surface area contributed by atoms with Crippen molar-refractivity contribution < 1.29 is 14.7 Å². The predicted octanol–water partition coefficient (Wildman–Crippen LogP) is 1.82. The minimum Gasteiger partial charge on any atom is -0.481 e. The van der Waals surface area contributed by atoms with Crippen LogP contribution < -0.4 is 0 Å². The van der Waals surface area contributed by atoms with Crippen LogP contribution in [0.4, 0.5) is 0 Å². The number of carbonyl (C=O) groups is 2. The first-order chi connectivity index (χ1) is 9.08. The average molecular weight is 284 g/mol. The van der Waals surface area contributed by atoms with E-state index in [9.17, 15) is 9.59 Å². The zero-order valence-electron chi connectivity index (χ0n) is 13.4. The molecule has 1 fully saturated rings. The van der Waals surface area contributed by atoms with Gasteiger partial charge >= 0.3 is 5.97 Å². The zero-order chi connectivity index (χ0) is 15.6. The average Bonchev–Trinajstić information content (AvgIpc) is 2.19. The number of aliphatic carboxylic acids is 1. The standard InChI is InChI=1S/C15H28N2O3/c1-14(2,10-13(19)20)9-12(18)17(5)11-15(16(3)4)7-6-8-15/h6-11H2,1-5H3,(H,19,20). The fraction of sp³-hybridized carbons (Fsp3) is 0.867. The number of hydrogen-bond acceptors (Lipinski definition) is 3. The monoisotopic (exact) mass is 284 g/mol. The molecule has 0 spiro atoms. The summed E-state index contributed by atoms with van der Waals surface area (Å²) in [5.41, 5.74) is -0.385. The lowest BCUT2D eigenvalue weighted by Gasteiger charge is -2.49. The van der Waals surface area contributed by atoms with Crippen LogP contribution in [-0.4, -0.2) is 60.0 Å². The molecule has 0 aromatic carbocycles. The van der Waals surface area contributed by atoms with Crippen molar-refractivity contribution in [2.75, 3.05) is 27.7 Å². The highest BCUT2D eigenvalue weighted by Gasteiger charge is 2.41. The van der Waals surface area contributed by atoms with E-state index in [2.05, 4.69) is 19.0 Å². The summed E-state index contributed by atoms with van der Waals surface area (Å²) in [5, 5.41) is 8.88. The minimum absolute atomic E-state index is 0.0192. The molecule has 1 aliphatic rings. The fourth-order valence-corrected chi connectivity index (χ4v) is 2.88. The zero-order valence-corrected chi connectivity index (χ0v) is 13.4. The van der Waals surface area contributed by atoms with E-state index in [0.29, 0.717) is 0 Å². The fourth-order valence-electron chi connectivity index (χ4n) is 2.88. The molecule has 0 heterocycles. The third-order valence-corrected chi connectivity index (χ3v) is 4.45. The Morgan fingerprint density at radius 1 is 1.15 bits per heavy atom. The molecule has 20 heavy (non-hydrogen) atoms. The van der Waals surface area contributed by atoms with Crippen LogP contribution in [0.25, 0.3) is 0 Å². The second-order valence-electron chi connectivity index (χ2n) is 7.13. The van der Waals surface area contributed by atoms with Crippen LogP contribution in [0.3, 0.4) is 0 Å². The van der Waals surface area contributed by atoms with E-state index in [-0.39, 0.29) is 24.3 Å². The highest BCUT2D eigenvalue weighted by Crippen LogP contribution is 2.37. The third kappa shape index (κ3) is 4.20. The maximum absolute atomic E-state index is 12.3. The number of carbonyl (C=O) groups excluding carboxylic acids is 1. The molecule has 0 bridgehead atoms. The molecule has 5 heteroatoms. The number of nitrogens with zero attached hydrogens (tertiary/aromatic N) is 2. The summed E-state index contributed by atoms with van der Waals surface area (Å²) < 4.78 is 0. The van der Waals surface area contributed by atoms with Crippen molar-refractivity contribution in [2.45, 2.75) is 51.5 Å². The van der Waals surface area contributed by atoms with Gasteiger partial charge in [-0.3, -0.25) is 9.59 Å². The van der Waals surface area contributed by atoms with Gasteiger partial charge in [0.2, 0.25) is 5.91 Å². The molecule has 116 valence electrons. The Morgan fingerprint density at radius 3 is 2.05 bits per heavy atom. The normalized spacial score (nSPS) is 17.7. The smallest absolute Gasteiger partial charge is 0.303 e. The van der Waals surface area contributed by atoms with Crippen LogP contribution in [0.5, 0.6) is 0 Å². The van der Waals surface area contributed by atoms with Crippen LogP contribution in [0.2, 0.25) is 0 Å². The van der Waals surface area contributed by atoms with Gasteiger partial charge in [-0.25, -0.2) is 0 Å². The predicted molar refractivity (Wildman–Crippen MR) is 78.6 cm³/mol. The Kier molecular flexibility index (Phi) is 5.19. The second-order valence-corrected chi connectivity index (χ2v) is 7.13. The number of carboxylic acid groups (broad SMARTS) is 1.